The Hall–Kier alpha value is -0.610. The number of nitrogens with one attached hydrogen (secondary N) is 1. The average molecular weight is 230 g/mol. The molecule has 0 heterocycles. The fourth-order valence-electron chi connectivity index (χ4n) is 1.16. The number of hydrogen-bond donors (Lipinski definition) is 2. The number of aliphatic hydroxyl groups excluding tert-OH is 1. The molecule has 0 aliphatic heterocycles. The number of hydrogen-bond acceptors (Lipinski definition) is 3. The van der Waals surface area contributed by atoms with Crippen LogP contribution in [0.1, 0.15) is 34.1 Å². The highest BCUT2D eigenvalue weighted by molar-refractivity contribution is 5.77. The van der Waals surface area contributed by atoms with Crippen molar-refractivity contribution < 1.29 is 9.90 Å². The molecular formula is C12H26N2O2. The molecule has 16 heavy (non-hydrogen) atoms. The summed E-state index contributed by atoms with van der Waals surface area (Å²) in [7, 11) is 1.92. The van der Waals surface area contributed by atoms with Crippen molar-refractivity contribution in [3.05, 3.63) is 0 Å². The Balaban J connectivity index is 3.66. The van der Waals surface area contributed by atoms with Crippen LogP contribution < -0.4 is 5.32 Å². The van der Waals surface area contributed by atoms with Crippen LogP contribution >= 0.6 is 0 Å². The standard InChI is InChI=1S/C12H26N2O2/c1-9(2)11(15)6-7-13-12(16)8-14(5)10(3)4/h9-11,15H,6-8H2,1-5H3,(H,13,16). The van der Waals surface area contributed by atoms with Crippen molar-refractivity contribution in [3.63, 3.8) is 0 Å². The van der Waals surface area contributed by atoms with Crippen LogP contribution in [0.15, 0.2) is 0 Å². The third-order valence-electron chi connectivity index (χ3n) is 2.81. The van der Waals surface area contributed by atoms with Crippen molar-refractivity contribution in [2.75, 3.05) is 20.1 Å². The predicted molar refractivity (Wildman–Crippen MR) is 66.2 cm³/mol. The number of rotatable bonds is 7. The van der Waals surface area contributed by atoms with E-state index in [1.807, 2.05) is 25.8 Å². The van der Waals surface area contributed by atoms with Crippen LogP contribution in [-0.2, 0) is 4.79 Å². The summed E-state index contributed by atoms with van der Waals surface area (Å²) < 4.78 is 0. The van der Waals surface area contributed by atoms with Crippen molar-refractivity contribution in [1.82, 2.24) is 10.2 Å². The van der Waals surface area contributed by atoms with Crippen LogP contribution in [0.3, 0.4) is 0 Å². The summed E-state index contributed by atoms with van der Waals surface area (Å²) in [6.45, 7) is 9.00. The number of carbonyl (C=O) groups is 1. The summed E-state index contributed by atoms with van der Waals surface area (Å²) in [6, 6.07) is 0.368. The molecule has 0 aromatic carbocycles. The summed E-state index contributed by atoms with van der Waals surface area (Å²) in [5, 5.41) is 12.4. The lowest BCUT2D eigenvalue weighted by molar-refractivity contribution is -0.122. The maximum absolute atomic E-state index is 11.5. The van der Waals surface area contributed by atoms with Gasteiger partial charge in [0.05, 0.1) is 12.6 Å². The Morgan fingerprint density at radius 3 is 2.31 bits per heavy atom. The van der Waals surface area contributed by atoms with Crippen molar-refractivity contribution in [1.29, 1.82) is 0 Å². The van der Waals surface area contributed by atoms with Crippen molar-refractivity contribution >= 4 is 5.91 Å². The van der Waals surface area contributed by atoms with Gasteiger partial charge in [-0.2, -0.15) is 0 Å². The topological polar surface area (TPSA) is 52.6 Å². The third-order valence-corrected chi connectivity index (χ3v) is 2.81. The molecule has 0 saturated carbocycles. The number of aliphatic hydroxyl groups is 1. The van der Waals surface area contributed by atoms with Crippen LogP contribution in [0, 0.1) is 5.92 Å². The smallest absolute Gasteiger partial charge is 0.234 e. The molecule has 0 spiro atoms. The van der Waals surface area contributed by atoms with Crippen LogP contribution in [0.5, 0.6) is 0 Å². The molecule has 0 bridgehead atoms. The molecule has 2 N–H and O–H groups in total. The summed E-state index contributed by atoms with van der Waals surface area (Å²) in [6.07, 6.45) is 0.289. The van der Waals surface area contributed by atoms with E-state index in [-0.39, 0.29) is 17.9 Å². The molecule has 0 fully saturated rings. The summed E-state index contributed by atoms with van der Waals surface area (Å²) in [5.74, 6) is 0.266. The molecular weight excluding hydrogens is 204 g/mol. The maximum Gasteiger partial charge on any atom is 0.234 e. The Morgan fingerprint density at radius 1 is 1.31 bits per heavy atom. The number of likely N-dealkylation sites (N-methyl/N-ethyl adjacent to an activating group) is 1. The van der Waals surface area contributed by atoms with Crippen LogP contribution in [0.4, 0.5) is 0 Å². The van der Waals surface area contributed by atoms with E-state index in [4.69, 9.17) is 0 Å². The molecule has 1 atom stereocenters. The molecule has 0 aliphatic rings. The third kappa shape index (κ3) is 6.80. The molecule has 0 radical (unpaired) electrons. The Morgan fingerprint density at radius 2 is 1.88 bits per heavy atom. The van der Waals surface area contributed by atoms with Gasteiger partial charge in [-0.3, -0.25) is 9.69 Å². The minimum atomic E-state index is -0.330. The molecule has 0 aliphatic carbocycles. The molecule has 4 nitrogen and oxygen atoms in total. The van der Waals surface area contributed by atoms with E-state index < -0.39 is 0 Å². The van der Waals surface area contributed by atoms with Gasteiger partial charge in [-0.05, 0) is 33.2 Å². The van der Waals surface area contributed by atoms with Crippen molar-refractivity contribution in [2.24, 2.45) is 5.92 Å². The zero-order chi connectivity index (χ0) is 12.7. The maximum atomic E-state index is 11.5. The highest BCUT2D eigenvalue weighted by Crippen LogP contribution is 2.03. The first-order valence-corrected chi connectivity index (χ1v) is 5.99. The lowest BCUT2D eigenvalue weighted by atomic mass is 10.0. The monoisotopic (exact) mass is 230 g/mol. The first-order valence-electron chi connectivity index (χ1n) is 5.99. The van der Waals surface area contributed by atoms with E-state index >= 15 is 0 Å². The summed E-state index contributed by atoms with van der Waals surface area (Å²) >= 11 is 0. The van der Waals surface area contributed by atoms with Gasteiger partial charge in [0.2, 0.25) is 5.91 Å². The summed E-state index contributed by atoms with van der Waals surface area (Å²) in [4.78, 5) is 13.5. The minimum absolute atomic E-state index is 0.0205. The van der Waals surface area contributed by atoms with Gasteiger partial charge in [0, 0.05) is 12.6 Å². The second-order valence-corrected chi connectivity index (χ2v) is 4.96. The fraction of sp³-hybridized carbons (Fsp3) is 0.917. The molecule has 0 aromatic rings. The highest BCUT2D eigenvalue weighted by atomic mass is 16.3. The largest absolute Gasteiger partial charge is 0.393 e. The van der Waals surface area contributed by atoms with E-state index in [0.29, 0.717) is 25.6 Å². The average Bonchev–Trinajstić information content (AvgIpc) is 2.16. The van der Waals surface area contributed by atoms with Gasteiger partial charge < -0.3 is 10.4 Å². The van der Waals surface area contributed by atoms with Crippen LogP contribution in [0.25, 0.3) is 0 Å². The zero-order valence-corrected chi connectivity index (χ0v) is 11.2. The van der Waals surface area contributed by atoms with Gasteiger partial charge in [-0.25, -0.2) is 0 Å². The SMILES string of the molecule is CC(C)C(O)CCNC(=O)CN(C)C(C)C. The number of nitrogens with zero attached hydrogens (tertiary/aromatic N) is 1. The van der Waals surface area contributed by atoms with Gasteiger partial charge in [-0.1, -0.05) is 13.8 Å². The van der Waals surface area contributed by atoms with E-state index in [1.54, 1.807) is 0 Å². The summed E-state index contributed by atoms with van der Waals surface area (Å²) in [5.41, 5.74) is 0. The van der Waals surface area contributed by atoms with Crippen LogP contribution in [0.2, 0.25) is 0 Å². The van der Waals surface area contributed by atoms with E-state index in [0.717, 1.165) is 0 Å². The molecule has 1 unspecified atom stereocenters. The lowest BCUT2D eigenvalue weighted by Crippen LogP contribution is -2.39. The molecule has 1 amide bonds. The Labute approximate surface area is 99.0 Å². The number of carbonyl (C=O) groups excluding carboxylic acids is 1. The normalized spacial score (nSPS) is 13.6. The Kier molecular flexibility index (Phi) is 7.34. The molecule has 4 heteroatoms. The molecule has 96 valence electrons. The number of amides is 1. The van der Waals surface area contributed by atoms with Crippen molar-refractivity contribution in [3.8, 4) is 0 Å². The first kappa shape index (κ1) is 15.4. The quantitative estimate of drug-likeness (QED) is 0.682. The van der Waals surface area contributed by atoms with E-state index in [1.165, 1.54) is 0 Å². The fourth-order valence-corrected chi connectivity index (χ4v) is 1.16. The molecule has 0 rings (SSSR count). The zero-order valence-electron chi connectivity index (χ0n) is 11.2. The minimum Gasteiger partial charge on any atom is -0.393 e. The Bertz CT molecular complexity index is 205. The lowest BCUT2D eigenvalue weighted by Gasteiger charge is -2.20. The van der Waals surface area contributed by atoms with Gasteiger partial charge in [0.1, 0.15) is 0 Å². The van der Waals surface area contributed by atoms with Gasteiger partial charge in [0.15, 0.2) is 0 Å². The van der Waals surface area contributed by atoms with Crippen molar-refractivity contribution in [2.45, 2.75) is 46.3 Å². The second kappa shape index (κ2) is 7.63. The van der Waals surface area contributed by atoms with E-state index in [9.17, 15) is 9.90 Å². The highest BCUT2D eigenvalue weighted by Gasteiger charge is 2.11. The molecule has 0 saturated heterocycles. The van der Waals surface area contributed by atoms with Gasteiger partial charge in [-0.15, -0.1) is 0 Å². The van der Waals surface area contributed by atoms with Gasteiger partial charge in [0.25, 0.3) is 0 Å². The van der Waals surface area contributed by atoms with E-state index in [2.05, 4.69) is 19.2 Å². The predicted octanol–water partition coefficient (Wildman–Crippen LogP) is 0.850. The van der Waals surface area contributed by atoms with Gasteiger partial charge >= 0.3 is 0 Å². The second-order valence-electron chi connectivity index (χ2n) is 4.96. The van der Waals surface area contributed by atoms with Crippen LogP contribution in [-0.4, -0.2) is 48.2 Å². The molecule has 0 aromatic heterocycles. The first-order chi connectivity index (χ1) is 7.34.